The molecule has 0 aromatic heterocycles. The quantitative estimate of drug-likeness (QED) is 0.246. The monoisotopic (exact) mass is 592 g/mol. The Hall–Kier alpha value is -0.0800. The van der Waals surface area contributed by atoms with E-state index in [9.17, 15) is 65.9 Å². The fraction of sp³-hybridized carbons (Fsp3) is 0.500. The molecule has 186 valence electrons. The lowest BCUT2D eigenvalue weighted by molar-refractivity contribution is -0.0360. The van der Waals surface area contributed by atoms with Gasteiger partial charge in [-0.25, -0.2) is 0 Å². The highest BCUT2D eigenvalue weighted by Crippen LogP contribution is 2.60. The Labute approximate surface area is 189 Å². The van der Waals surface area contributed by atoms with Crippen LogP contribution in [0.1, 0.15) is 5.56 Å². The average Bonchev–Trinajstić information content (AvgIpc) is 2.45. The van der Waals surface area contributed by atoms with Crippen LogP contribution in [0, 0.1) is 6.92 Å². The maximum absolute atomic E-state index is 12.9. The smallest absolute Gasteiger partial charge is 0.160 e. The van der Waals surface area contributed by atoms with Gasteiger partial charge in [0.05, 0.1) is 0 Å². The zero-order valence-corrected chi connectivity index (χ0v) is 18.3. The van der Waals surface area contributed by atoms with Gasteiger partial charge >= 0.3 is 27.5 Å². The zero-order valence-electron chi connectivity index (χ0n) is 14.2. The average molecular weight is 592 g/mol. The Balaban J connectivity index is 4.17. The Kier molecular flexibility index (Phi) is 9.25. The predicted octanol–water partition coefficient (Wildman–Crippen LogP) is 10.1. The molecule has 0 spiro atoms. The molecule has 0 radical (unpaired) electrons. The summed E-state index contributed by atoms with van der Waals surface area (Å²) in [5, 5.41) is 0. The van der Waals surface area contributed by atoms with Crippen molar-refractivity contribution in [3.05, 3.63) is 5.56 Å². The largest absolute Gasteiger partial charge is 0.446 e. The van der Waals surface area contributed by atoms with E-state index < -0.39 is 116 Å². The van der Waals surface area contributed by atoms with Gasteiger partial charge < -0.3 is 0 Å². The summed E-state index contributed by atoms with van der Waals surface area (Å²) in [4.78, 5) is -9.43. The van der Waals surface area contributed by atoms with Crippen molar-refractivity contribution < 1.29 is 65.9 Å². The van der Waals surface area contributed by atoms with Crippen molar-refractivity contribution in [3.8, 4) is 0 Å². The zero-order chi connectivity index (χ0) is 25.5. The van der Waals surface area contributed by atoms with E-state index in [2.05, 4.69) is 0 Å². The summed E-state index contributed by atoms with van der Waals surface area (Å²) in [5.74, 6) is 0. The molecule has 0 unspecified atom stereocenters. The highest BCUT2D eigenvalue weighted by atomic mass is 32.2. The van der Waals surface area contributed by atoms with Crippen LogP contribution in [0.4, 0.5) is 65.9 Å². The summed E-state index contributed by atoms with van der Waals surface area (Å²) >= 11 is -7.81. The van der Waals surface area contributed by atoms with Crippen LogP contribution in [0.5, 0.6) is 0 Å². The van der Waals surface area contributed by atoms with E-state index in [1.54, 1.807) is 0 Å². The molecule has 0 atom stereocenters. The molecular formula is C12H3F15S5. The molecule has 1 rings (SSSR count). The normalized spacial score (nSPS) is 14.2. The topological polar surface area (TPSA) is 0 Å². The minimum atomic E-state index is -5.66. The molecule has 0 heterocycles. The molecular weight excluding hydrogens is 589 g/mol. The van der Waals surface area contributed by atoms with Gasteiger partial charge in [0, 0.05) is 24.5 Å². The van der Waals surface area contributed by atoms with E-state index in [0.717, 1.165) is 0 Å². The fourth-order valence-corrected chi connectivity index (χ4v) is 6.44. The van der Waals surface area contributed by atoms with Gasteiger partial charge in [-0.1, -0.05) is 0 Å². The van der Waals surface area contributed by atoms with Crippen molar-refractivity contribution in [3.63, 3.8) is 0 Å². The molecule has 0 aliphatic rings. The van der Waals surface area contributed by atoms with E-state index in [4.69, 9.17) is 0 Å². The van der Waals surface area contributed by atoms with E-state index in [0.29, 0.717) is 6.92 Å². The number of hydrogen-bond donors (Lipinski definition) is 0. The molecule has 0 fully saturated rings. The predicted molar refractivity (Wildman–Crippen MR) is 90.7 cm³/mol. The summed E-state index contributed by atoms with van der Waals surface area (Å²) in [6.45, 7) is 0.352. The van der Waals surface area contributed by atoms with Crippen LogP contribution in [-0.2, 0) is 0 Å². The van der Waals surface area contributed by atoms with Gasteiger partial charge in [-0.3, -0.25) is 0 Å². The first-order chi connectivity index (χ1) is 13.9. The van der Waals surface area contributed by atoms with Crippen LogP contribution in [-0.4, -0.2) is 27.5 Å². The van der Waals surface area contributed by atoms with Gasteiger partial charge in [-0.2, -0.15) is 65.9 Å². The minimum Gasteiger partial charge on any atom is -0.160 e. The second kappa shape index (κ2) is 9.88. The third-order valence-corrected chi connectivity index (χ3v) is 7.54. The van der Waals surface area contributed by atoms with Crippen LogP contribution < -0.4 is 0 Å². The number of alkyl halides is 15. The molecule has 0 amide bonds. The van der Waals surface area contributed by atoms with Crippen molar-refractivity contribution in [1.29, 1.82) is 0 Å². The van der Waals surface area contributed by atoms with E-state index in [-0.39, 0.29) is 0 Å². The van der Waals surface area contributed by atoms with Crippen LogP contribution in [0.25, 0.3) is 0 Å². The Morgan fingerprint density at radius 3 is 0.688 bits per heavy atom. The lowest BCUT2D eigenvalue weighted by Crippen LogP contribution is -2.12. The summed E-state index contributed by atoms with van der Waals surface area (Å²) in [7, 11) is 0. The van der Waals surface area contributed by atoms with E-state index >= 15 is 0 Å². The number of rotatable bonds is 5. The number of hydrogen-bond acceptors (Lipinski definition) is 5. The number of benzene rings is 1. The fourth-order valence-electron chi connectivity index (χ4n) is 1.86. The minimum absolute atomic E-state index is 0.352. The Morgan fingerprint density at radius 1 is 0.344 bits per heavy atom. The highest BCUT2D eigenvalue weighted by Gasteiger charge is 2.45. The van der Waals surface area contributed by atoms with E-state index in [1.807, 2.05) is 0 Å². The second-order valence-electron chi connectivity index (χ2n) is 5.01. The number of thioether (sulfide) groups is 5. The van der Waals surface area contributed by atoms with E-state index in [1.165, 1.54) is 0 Å². The molecule has 0 saturated carbocycles. The van der Waals surface area contributed by atoms with Crippen LogP contribution in [0.2, 0.25) is 0 Å². The summed E-state index contributed by atoms with van der Waals surface area (Å²) in [6.07, 6.45) is 0. The molecule has 32 heavy (non-hydrogen) atoms. The second-order valence-corrected chi connectivity index (χ2v) is 10.4. The SMILES string of the molecule is Cc1c(SC(F)(F)F)c(SC(F)(F)F)c(SC(F)(F)F)c(SC(F)(F)F)c1SC(F)(F)F. The Morgan fingerprint density at radius 2 is 0.500 bits per heavy atom. The molecule has 0 nitrogen and oxygen atoms in total. The molecule has 0 N–H and O–H groups in total. The maximum atomic E-state index is 12.9. The van der Waals surface area contributed by atoms with Crippen molar-refractivity contribution in [2.24, 2.45) is 0 Å². The highest BCUT2D eigenvalue weighted by molar-refractivity contribution is 8.06. The molecule has 0 aliphatic heterocycles. The first kappa shape index (κ1) is 30.0. The molecule has 20 heteroatoms. The first-order valence-electron chi connectivity index (χ1n) is 6.88. The van der Waals surface area contributed by atoms with Crippen LogP contribution in [0.15, 0.2) is 24.5 Å². The molecule has 0 aliphatic carbocycles. The van der Waals surface area contributed by atoms with Crippen molar-refractivity contribution in [2.45, 2.75) is 58.9 Å². The summed E-state index contributed by atoms with van der Waals surface area (Å²) in [6, 6.07) is 0. The van der Waals surface area contributed by atoms with Crippen molar-refractivity contribution in [2.75, 3.05) is 0 Å². The van der Waals surface area contributed by atoms with Gasteiger partial charge in [-0.05, 0) is 71.3 Å². The third kappa shape index (κ3) is 10.5. The first-order valence-corrected chi connectivity index (χ1v) is 11.0. The molecule has 0 bridgehead atoms. The van der Waals surface area contributed by atoms with Crippen molar-refractivity contribution in [1.82, 2.24) is 0 Å². The Bertz CT molecular complexity index is 758. The molecule has 0 saturated heterocycles. The van der Waals surface area contributed by atoms with Gasteiger partial charge in [0.1, 0.15) is 0 Å². The van der Waals surface area contributed by atoms with Gasteiger partial charge in [-0.15, -0.1) is 0 Å². The van der Waals surface area contributed by atoms with Crippen LogP contribution in [0.3, 0.4) is 0 Å². The van der Waals surface area contributed by atoms with Crippen molar-refractivity contribution >= 4 is 58.8 Å². The summed E-state index contributed by atoms with van der Waals surface area (Å²) < 4.78 is 193. The van der Waals surface area contributed by atoms with Gasteiger partial charge in [0.15, 0.2) is 0 Å². The lowest BCUT2D eigenvalue weighted by atomic mass is 10.2. The number of halogens is 15. The third-order valence-electron chi connectivity index (χ3n) is 2.60. The van der Waals surface area contributed by atoms with Gasteiger partial charge in [0.2, 0.25) is 0 Å². The standard InChI is InChI=1S/C12H3F15S5/c1-2-3(28-8(13,14)15)5(30-10(19,20)21)7(32-12(25,26)27)6(31-11(22,23)24)4(2)29-9(16,17)18/h1H3. The molecule has 1 aromatic carbocycles. The van der Waals surface area contributed by atoms with Crippen LogP contribution >= 0.6 is 58.8 Å². The maximum Gasteiger partial charge on any atom is 0.446 e. The van der Waals surface area contributed by atoms with Gasteiger partial charge in [0.25, 0.3) is 0 Å². The molecule has 1 aromatic rings. The lowest BCUT2D eigenvalue weighted by Gasteiger charge is -2.25. The summed E-state index contributed by atoms with van der Waals surface area (Å²) in [5.41, 5.74) is -29.2.